The van der Waals surface area contributed by atoms with Gasteiger partial charge in [0.15, 0.2) is 0 Å². The number of allylic oxidation sites excluding steroid dienone is 1. The number of phenols is 1. The molecule has 2 N–H and O–H groups in total. The van der Waals surface area contributed by atoms with E-state index >= 15 is 0 Å². The third-order valence-electron chi connectivity index (χ3n) is 8.04. The minimum absolute atomic E-state index is 0.234. The number of aromatic hydroxyl groups is 1. The standard InChI is InChI=1S/C33H35N3O3/c1-21-13-14-36(19-21)22(2)20-38-29-10-7-24(8-11-29)33-32(26-5-4-6-28(37)15-26)23(3)30-12-9-25(16-31(30)39-33)27-17-34-35-18-27/h4-12,15-18,21-22,33,37H,13-14,19-20H2,1-3H3,(H,34,35)/t21-,22+,33?/m1/s1. The molecular formula is C33H35N3O3. The molecule has 0 spiro atoms. The lowest BCUT2D eigenvalue weighted by Gasteiger charge is -2.31. The maximum absolute atomic E-state index is 10.3. The number of phenolic OH excluding ortho intramolecular Hbond substituents is 1. The van der Waals surface area contributed by atoms with Crippen molar-refractivity contribution in [2.45, 2.75) is 39.3 Å². The molecule has 1 fully saturated rings. The molecule has 2 aliphatic rings. The number of benzene rings is 3. The summed E-state index contributed by atoms with van der Waals surface area (Å²) in [6.07, 6.45) is 4.62. The van der Waals surface area contributed by atoms with E-state index in [1.165, 1.54) is 6.42 Å². The summed E-state index contributed by atoms with van der Waals surface area (Å²) in [5.41, 5.74) is 7.23. The minimum atomic E-state index is -0.335. The van der Waals surface area contributed by atoms with Gasteiger partial charge in [-0.2, -0.15) is 5.10 Å². The first-order valence-corrected chi connectivity index (χ1v) is 13.7. The zero-order valence-corrected chi connectivity index (χ0v) is 22.7. The number of nitrogens with zero attached hydrogens (tertiary/aromatic N) is 2. The number of ether oxygens (including phenoxy) is 2. The summed E-state index contributed by atoms with van der Waals surface area (Å²) in [6, 6.07) is 22.3. The monoisotopic (exact) mass is 521 g/mol. The summed E-state index contributed by atoms with van der Waals surface area (Å²) in [7, 11) is 0. The van der Waals surface area contributed by atoms with Crippen molar-refractivity contribution < 1.29 is 14.6 Å². The number of H-pyrrole nitrogens is 1. The molecule has 0 aliphatic carbocycles. The van der Waals surface area contributed by atoms with Crippen LogP contribution in [0.15, 0.2) is 79.1 Å². The first-order chi connectivity index (χ1) is 19.0. The van der Waals surface area contributed by atoms with Crippen LogP contribution < -0.4 is 9.47 Å². The van der Waals surface area contributed by atoms with Crippen molar-refractivity contribution in [3.8, 4) is 28.4 Å². The van der Waals surface area contributed by atoms with E-state index < -0.39 is 0 Å². The van der Waals surface area contributed by atoms with Crippen LogP contribution in [0.4, 0.5) is 0 Å². The summed E-state index contributed by atoms with van der Waals surface area (Å²) >= 11 is 0. The molecule has 1 saturated heterocycles. The van der Waals surface area contributed by atoms with Crippen LogP contribution in [0.3, 0.4) is 0 Å². The summed E-state index contributed by atoms with van der Waals surface area (Å²) in [5.74, 6) is 2.68. The molecule has 4 aromatic rings. The Balaban J connectivity index is 1.30. The molecule has 3 atom stereocenters. The van der Waals surface area contributed by atoms with Gasteiger partial charge in [-0.25, -0.2) is 0 Å². The Morgan fingerprint density at radius 2 is 1.92 bits per heavy atom. The minimum Gasteiger partial charge on any atom is -0.508 e. The Hall–Kier alpha value is -4.03. The van der Waals surface area contributed by atoms with Crippen LogP contribution in [0.5, 0.6) is 17.2 Å². The van der Waals surface area contributed by atoms with Crippen LogP contribution in [0.2, 0.25) is 0 Å². The molecule has 6 rings (SSSR count). The van der Waals surface area contributed by atoms with E-state index in [0.717, 1.165) is 69.5 Å². The molecule has 3 aromatic carbocycles. The van der Waals surface area contributed by atoms with E-state index in [-0.39, 0.29) is 11.9 Å². The largest absolute Gasteiger partial charge is 0.508 e. The van der Waals surface area contributed by atoms with Crippen LogP contribution >= 0.6 is 0 Å². The second-order valence-corrected chi connectivity index (χ2v) is 10.9. The van der Waals surface area contributed by atoms with Crippen LogP contribution in [0, 0.1) is 5.92 Å². The number of nitrogens with one attached hydrogen (secondary N) is 1. The zero-order valence-electron chi connectivity index (χ0n) is 22.7. The Bertz CT molecular complexity index is 1480. The highest BCUT2D eigenvalue weighted by Crippen LogP contribution is 2.48. The van der Waals surface area contributed by atoms with Crippen molar-refractivity contribution in [1.29, 1.82) is 0 Å². The number of hydrogen-bond acceptors (Lipinski definition) is 5. The molecule has 0 radical (unpaired) electrons. The van der Waals surface area contributed by atoms with Crippen LogP contribution in [0.25, 0.3) is 22.3 Å². The first-order valence-electron chi connectivity index (χ1n) is 13.7. The molecule has 2 aliphatic heterocycles. The van der Waals surface area contributed by atoms with Crippen LogP contribution in [-0.2, 0) is 0 Å². The highest BCUT2D eigenvalue weighted by Gasteiger charge is 2.30. The molecule has 3 heterocycles. The topological polar surface area (TPSA) is 70.6 Å². The SMILES string of the molecule is CC1=C(c2cccc(O)c2)C(c2ccc(OC[C@H](C)N3CC[C@@H](C)C3)cc2)Oc2cc(-c3cn[nH]c3)ccc21. The molecule has 0 amide bonds. The molecule has 0 saturated carbocycles. The van der Waals surface area contributed by atoms with Gasteiger partial charge in [-0.3, -0.25) is 10.00 Å². The van der Waals surface area contributed by atoms with Crippen molar-refractivity contribution in [2.24, 2.45) is 5.92 Å². The van der Waals surface area contributed by atoms with Crippen LogP contribution in [0.1, 0.15) is 50.0 Å². The van der Waals surface area contributed by atoms with Gasteiger partial charge in [-0.15, -0.1) is 0 Å². The van der Waals surface area contributed by atoms with E-state index in [9.17, 15) is 5.11 Å². The van der Waals surface area contributed by atoms with Crippen molar-refractivity contribution in [1.82, 2.24) is 15.1 Å². The normalized spacial score (nSPS) is 20.0. The van der Waals surface area contributed by atoms with E-state index in [1.807, 2.05) is 36.7 Å². The number of hydrogen-bond donors (Lipinski definition) is 2. The maximum atomic E-state index is 10.3. The number of aromatic amines is 1. The fourth-order valence-electron chi connectivity index (χ4n) is 5.75. The average Bonchev–Trinajstić information content (AvgIpc) is 3.64. The maximum Gasteiger partial charge on any atom is 0.150 e. The van der Waals surface area contributed by atoms with Gasteiger partial charge in [0.1, 0.15) is 30.0 Å². The molecule has 0 bridgehead atoms. The molecular weight excluding hydrogens is 486 g/mol. The van der Waals surface area contributed by atoms with E-state index in [4.69, 9.17) is 9.47 Å². The third-order valence-corrected chi connectivity index (χ3v) is 8.04. The van der Waals surface area contributed by atoms with Gasteiger partial charge >= 0.3 is 0 Å². The van der Waals surface area contributed by atoms with Gasteiger partial charge < -0.3 is 14.6 Å². The first kappa shape index (κ1) is 25.3. The van der Waals surface area contributed by atoms with Crippen molar-refractivity contribution in [3.63, 3.8) is 0 Å². The zero-order chi connectivity index (χ0) is 26.9. The molecule has 1 aromatic heterocycles. The Kier molecular flexibility index (Phi) is 6.88. The predicted octanol–water partition coefficient (Wildman–Crippen LogP) is 6.96. The number of rotatable bonds is 7. The molecule has 200 valence electrons. The van der Waals surface area contributed by atoms with Crippen molar-refractivity contribution in [2.75, 3.05) is 19.7 Å². The lowest BCUT2D eigenvalue weighted by atomic mass is 9.85. The van der Waals surface area contributed by atoms with Gasteiger partial charge in [0, 0.05) is 35.5 Å². The highest BCUT2D eigenvalue weighted by molar-refractivity contribution is 5.96. The van der Waals surface area contributed by atoms with Gasteiger partial charge in [0.2, 0.25) is 0 Å². The highest BCUT2D eigenvalue weighted by atomic mass is 16.5. The van der Waals surface area contributed by atoms with E-state index in [1.54, 1.807) is 12.1 Å². The second-order valence-electron chi connectivity index (χ2n) is 10.9. The van der Waals surface area contributed by atoms with Gasteiger partial charge in [-0.05, 0) is 85.3 Å². The molecule has 39 heavy (non-hydrogen) atoms. The Labute approximate surface area is 229 Å². The fraction of sp³-hybridized carbons (Fsp3) is 0.303. The van der Waals surface area contributed by atoms with Crippen molar-refractivity contribution >= 4 is 11.1 Å². The number of fused-ring (bicyclic) bond motifs is 1. The second kappa shape index (κ2) is 10.6. The third kappa shape index (κ3) is 5.17. The molecule has 6 heteroatoms. The Morgan fingerprint density at radius 3 is 2.64 bits per heavy atom. The molecule has 1 unspecified atom stereocenters. The predicted molar refractivity (Wildman–Crippen MR) is 155 cm³/mol. The summed E-state index contributed by atoms with van der Waals surface area (Å²) in [6.45, 7) is 9.66. The summed E-state index contributed by atoms with van der Waals surface area (Å²) in [4.78, 5) is 2.51. The molecule has 6 nitrogen and oxygen atoms in total. The Morgan fingerprint density at radius 1 is 1.08 bits per heavy atom. The summed E-state index contributed by atoms with van der Waals surface area (Å²) < 4.78 is 12.9. The van der Waals surface area contributed by atoms with Gasteiger partial charge in [0.25, 0.3) is 0 Å². The van der Waals surface area contributed by atoms with Gasteiger partial charge in [0.05, 0.1) is 6.20 Å². The average molecular weight is 522 g/mol. The smallest absolute Gasteiger partial charge is 0.150 e. The fourth-order valence-corrected chi connectivity index (χ4v) is 5.75. The quantitative estimate of drug-likeness (QED) is 0.275. The van der Waals surface area contributed by atoms with E-state index in [0.29, 0.717) is 12.6 Å². The summed E-state index contributed by atoms with van der Waals surface area (Å²) in [5, 5.41) is 17.2. The van der Waals surface area contributed by atoms with Crippen LogP contribution in [-0.4, -0.2) is 45.9 Å². The van der Waals surface area contributed by atoms with E-state index in [2.05, 4.69) is 66.2 Å². The van der Waals surface area contributed by atoms with Gasteiger partial charge in [-0.1, -0.05) is 43.3 Å². The lowest BCUT2D eigenvalue weighted by molar-refractivity contribution is 0.169. The van der Waals surface area contributed by atoms with Crippen molar-refractivity contribution in [3.05, 3.63) is 95.8 Å². The number of aromatic nitrogens is 2. The number of likely N-dealkylation sites (tertiary alicyclic amines) is 1. The lowest BCUT2D eigenvalue weighted by Crippen LogP contribution is -2.35.